The number of carbonyl (C=O) groups excluding carboxylic acids is 1. The van der Waals surface area contributed by atoms with Crippen molar-refractivity contribution in [2.75, 3.05) is 18.5 Å². The topological polar surface area (TPSA) is 73.3 Å². The van der Waals surface area contributed by atoms with Crippen LogP contribution in [0.3, 0.4) is 0 Å². The molecule has 0 bridgehead atoms. The van der Waals surface area contributed by atoms with Gasteiger partial charge in [-0.2, -0.15) is 0 Å². The van der Waals surface area contributed by atoms with E-state index in [0.717, 1.165) is 30.5 Å². The number of aryl methyl sites for hydroxylation is 1. The predicted molar refractivity (Wildman–Crippen MR) is 62.7 cm³/mol. The average Bonchev–Trinajstić information content (AvgIpc) is 2.89. The molecular formula is C12H13N3O3. The Kier molecular flexibility index (Phi) is 2.84. The van der Waals surface area contributed by atoms with E-state index < -0.39 is 0 Å². The van der Waals surface area contributed by atoms with Crippen LogP contribution in [0.25, 0.3) is 0 Å². The molecule has 1 aliphatic carbocycles. The minimum absolute atomic E-state index is 0.187. The molecule has 1 amide bonds. The summed E-state index contributed by atoms with van der Waals surface area (Å²) in [6.45, 7) is 0.862. The van der Waals surface area contributed by atoms with Crippen molar-refractivity contribution in [1.29, 1.82) is 0 Å². The number of hydrogen-bond donors (Lipinski definition) is 1. The third-order valence-electron chi connectivity index (χ3n) is 2.98. The monoisotopic (exact) mass is 247 g/mol. The lowest BCUT2D eigenvalue weighted by atomic mass is 10.2. The number of amides is 1. The zero-order valence-electron chi connectivity index (χ0n) is 9.81. The first-order valence-electron chi connectivity index (χ1n) is 5.93. The van der Waals surface area contributed by atoms with Gasteiger partial charge in [0.25, 0.3) is 5.91 Å². The van der Waals surface area contributed by atoms with Crippen LogP contribution >= 0.6 is 0 Å². The molecule has 1 aromatic rings. The molecule has 94 valence electrons. The Hall–Kier alpha value is -2.11. The van der Waals surface area contributed by atoms with Crippen LogP contribution in [0.5, 0.6) is 0 Å². The number of carbonyl (C=O) groups is 1. The summed E-state index contributed by atoms with van der Waals surface area (Å²) in [7, 11) is 0. The molecule has 1 N–H and O–H groups in total. The zero-order chi connectivity index (χ0) is 12.4. The van der Waals surface area contributed by atoms with Crippen LogP contribution in [0, 0.1) is 0 Å². The van der Waals surface area contributed by atoms with Crippen LogP contribution in [0.2, 0.25) is 0 Å². The number of fused-ring (bicyclic) bond motifs is 1. The third-order valence-corrected chi connectivity index (χ3v) is 2.98. The molecule has 0 aromatic carbocycles. The Morgan fingerprint density at radius 3 is 3.06 bits per heavy atom. The molecule has 0 atom stereocenters. The van der Waals surface area contributed by atoms with E-state index in [-0.39, 0.29) is 11.7 Å². The summed E-state index contributed by atoms with van der Waals surface area (Å²) < 4.78 is 10.3. The van der Waals surface area contributed by atoms with Crippen molar-refractivity contribution < 1.29 is 14.3 Å². The normalized spacial score (nSPS) is 17.2. The van der Waals surface area contributed by atoms with E-state index in [9.17, 15) is 4.79 Å². The van der Waals surface area contributed by atoms with Crippen LogP contribution in [0.1, 0.15) is 17.7 Å². The summed E-state index contributed by atoms with van der Waals surface area (Å²) in [5.41, 5.74) is 2.05. The van der Waals surface area contributed by atoms with Gasteiger partial charge in [0.2, 0.25) is 5.76 Å². The second-order valence-corrected chi connectivity index (χ2v) is 4.16. The van der Waals surface area contributed by atoms with Crippen molar-refractivity contribution in [1.82, 2.24) is 9.97 Å². The molecule has 0 spiro atoms. The minimum atomic E-state index is -0.331. The molecule has 2 aliphatic rings. The maximum Gasteiger partial charge on any atom is 0.295 e. The lowest BCUT2D eigenvalue weighted by Gasteiger charge is -2.15. The number of anilines is 1. The van der Waals surface area contributed by atoms with Crippen LogP contribution in [-0.4, -0.2) is 29.1 Å². The Morgan fingerprint density at radius 2 is 2.22 bits per heavy atom. The fraction of sp³-hybridized carbons (Fsp3) is 0.417. The summed E-state index contributed by atoms with van der Waals surface area (Å²) in [4.78, 5) is 20.2. The Morgan fingerprint density at radius 1 is 1.28 bits per heavy atom. The minimum Gasteiger partial charge on any atom is -0.494 e. The van der Waals surface area contributed by atoms with E-state index in [1.54, 1.807) is 0 Å². The van der Waals surface area contributed by atoms with Gasteiger partial charge in [0.1, 0.15) is 31.6 Å². The number of rotatable bonds is 2. The number of ether oxygens (including phenoxy) is 2. The molecule has 6 nitrogen and oxygen atoms in total. The highest BCUT2D eigenvalue weighted by molar-refractivity contribution is 6.02. The van der Waals surface area contributed by atoms with Crippen molar-refractivity contribution in [3.8, 4) is 0 Å². The number of nitrogens with zero attached hydrogens (tertiary/aromatic N) is 2. The molecule has 0 radical (unpaired) electrons. The van der Waals surface area contributed by atoms with Crippen LogP contribution in [0.15, 0.2) is 18.3 Å². The molecule has 2 heterocycles. The SMILES string of the molecule is O=C(Nc1ncnc2c1CCC2)C1=COCCO1. The first-order valence-corrected chi connectivity index (χ1v) is 5.93. The van der Waals surface area contributed by atoms with Gasteiger partial charge in [-0.3, -0.25) is 4.79 Å². The van der Waals surface area contributed by atoms with E-state index in [1.165, 1.54) is 12.6 Å². The highest BCUT2D eigenvalue weighted by atomic mass is 16.6. The zero-order valence-corrected chi connectivity index (χ0v) is 9.81. The van der Waals surface area contributed by atoms with Crippen LogP contribution < -0.4 is 5.32 Å². The lowest BCUT2D eigenvalue weighted by Crippen LogP contribution is -2.22. The van der Waals surface area contributed by atoms with Crippen LogP contribution in [0.4, 0.5) is 5.82 Å². The molecule has 0 fully saturated rings. The summed E-state index contributed by atoms with van der Waals surface area (Å²) >= 11 is 0. The van der Waals surface area contributed by atoms with Gasteiger partial charge in [0.05, 0.1) is 0 Å². The second-order valence-electron chi connectivity index (χ2n) is 4.16. The molecule has 1 aliphatic heterocycles. The summed E-state index contributed by atoms with van der Waals surface area (Å²) in [5.74, 6) is 0.437. The quantitative estimate of drug-likeness (QED) is 0.836. The van der Waals surface area contributed by atoms with E-state index in [4.69, 9.17) is 9.47 Å². The maximum absolute atomic E-state index is 11.9. The van der Waals surface area contributed by atoms with E-state index in [0.29, 0.717) is 19.0 Å². The third kappa shape index (κ3) is 2.01. The van der Waals surface area contributed by atoms with Crippen LogP contribution in [-0.2, 0) is 27.1 Å². The first kappa shape index (κ1) is 11.0. The van der Waals surface area contributed by atoms with E-state index >= 15 is 0 Å². The summed E-state index contributed by atoms with van der Waals surface area (Å²) in [6, 6.07) is 0. The molecule has 0 unspecified atom stereocenters. The maximum atomic E-state index is 11.9. The molecule has 0 saturated heterocycles. The standard InChI is InChI=1S/C12H13N3O3/c16-12(10-6-17-4-5-18-10)15-11-8-2-1-3-9(8)13-7-14-11/h6-7H,1-5H2,(H,13,14,15,16). The van der Waals surface area contributed by atoms with Crippen molar-refractivity contribution in [3.63, 3.8) is 0 Å². The molecule has 18 heavy (non-hydrogen) atoms. The average molecular weight is 247 g/mol. The van der Waals surface area contributed by atoms with E-state index in [2.05, 4.69) is 15.3 Å². The van der Waals surface area contributed by atoms with Gasteiger partial charge >= 0.3 is 0 Å². The Labute approximate surface area is 104 Å². The number of nitrogens with one attached hydrogen (secondary N) is 1. The van der Waals surface area contributed by atoms with Gasteiger partial charge < -0.3 is 14.8 Å². The summed E-state index contributed by atoms with van der Waals surface area (Å²) in [5, 5.41) is 2.75. The molecule has 3 rings (SSSR count). The van der Waals surface area contributed by atoms with Gasteiger partial charge in [-0.1, -0.05) is 0 Å². The fourth-order valence-corrected chi connectivity index (χ4v) is 2.12. The van der Waals surface area contributed by atoms with Crippen molar-refractivity contribution >= 4 is 11.7 Å². The molecule has 1 aromatic heterocycles. The highest BCUT2D eigenvalue weighted by Gasteiger charge is 2.21. The van der Waals surface area contributed by atoms with Crippen molar-refractivity contribution in [3.05, 3.63) is 29.6 Å². The van der Waals surface area contributed by atoms with Gasteiger partial charge in [0, 0.05) is 11.3 Å². The first-order chi connectivity index (χ1) is 8.84. The fourth-order valence-electron chi connectivity index (χ4n) is 2.12. The second kappa shape index (κ2) is 4.64. The highest BCUT2D eigenvalue weighted by Crippen LogP contribution is 2.25. The van der Waals surface area contributed by atoms with Gasteiger partial charge in [0.15, 0.2) is 0 Å². The largest absolute Gasteiger partial charge is 0.494 e. The number of aromatic nitrogens is 2. The van der Waals surface area contributed by atoms with Gasteiger partial charge in [-0.15, -0.1) is 0 Å². The Bertz CT molecular complexity index is 513. The van der Waals surface area contributed by atoms with Gasteiger partial charge in [-0.05, 0) is 19.3 Å². The molecule has 6 heteroatoms. The van der Waals surface area contributed by atoms with Gasteiger partial charge in [-0.25, -0.2) is 9.97 Å². The molecular weight excluding hydrogens is 234 g/mol. The predicted octanol–water partition coefficient (Wildman–Crippen LogP) is 0.792. The molecule has 0 saturated carbocycles. The Balaban J connectivity index is 1.79. The lowest BCUT2D eigenvalue weighted by molar-refractivity contribution is -0.117. The summed E-state index contributed by atoms with van der Waals surface area (Å²) in [6.07, 6.45) is 5.72. The smallest absolute Gasteiger partial charge is 0.295 e. The van der Waals surface area contributed by atoms with Crippen molar-refractivity contribution in [2.45, 2.75) is 19.3 Å². The van der Waals surface area contributed by atoms with Crippen molar-refractivity contribution in [2.24, 2.45) is 0 Å². The number of hydrogen-bond acceptors (Lipinski definition) is 5. The van der Waals surface area contributed by atoms with E-state index in [1.807, 2.05) is 0 Å².